The van der Waals surface area contributed by atoms with Crippen LogP contribution in [0.1, 0.15) is 17.3 Å². The Bertz CT molecular complexity index is 798. The average Bonchev–Trinajstić information content (AvgIpc) is 2.66. The van der Waals surface area contributed by atoms with Gasteiger partial charge in [-0.3, -0.25) is 10.1 Å². The van der Waals surface area contributed by atoms with E-state index < -0.39 is 10.9 Å². The van der Waals surface area contributed by atoms with Crippen molar-refractivity contribution in [3.8, 4) is 11.5 Å². The van der Waals surface area contributed by atoms with E-state index in [1.807, 2.05) is 6.92 Å². The molecule has 0 radical (unpaired) electrons. The van der Waals surface area contributed by atoms with E-state index in [-0.39, 0.29) is 18.9 Å². The number of rotatable bonds is 8. The van der Waals surface area contributed by atoms with Gasteiger partial charge >= 0.3 is 5.97 Å². The minimum absolute atomic E-state index is 0.00728. The fraction of sp³-hybridized carbons (Fsp3) is 0.211. The van der Waals surface area contributed by atoms with Crippen LogP contribution >= 0.6 is 0 Å². The molecule has 2 rings (SSSR count). The van der Waals surface area contributed by atoms with Gasteiger partial charge in [0.1, 0.15) is 30.3 Å². The number of methoxy groups -OCH3 is 1. The van der Waals surface area contributed by atoms with E-state index in [9.17, 15) is 14.9 Å². The van der Waals surface area contributed by atoms with Gasteiger partial charge in [-0.25, -0.2) is 4.79 Å². The quantitative estimate of drug-likeness (QED) is 0.309. The third-order valence-corrected chi connectivity index (χ3v) is 3.49. The predicted molar refractivity (Wildman–Crippen MR) is 95.6 cm³/mol. The largest absolute Gasteiger partial charge is 0.496 e. The van der Waals surface area contributed by atoms with Gasteiger partial charge in [0, 0.05) is 12.1 Å². The van der Waals surface area contributed by atoms with Gasteiger partial charge in [-0.1, -0.05) is 12.1 Å². The number of carbonyl (C=O) groups excluding carboxylic acids is 1. The van der Waals surface area contributed by atoms with Gasteiger partial charge < -0.3 is 14.2 Å². The summed E-state index contributed by atoms with van der Waals surface area (Å²) in [5, 5.41) is 10.6. The molecule has 0 fully saturated rings. The van der Waals surface area contributed by atoms with Crippen LogP contribution in [-0.2, 0) is 4.74 Å². The molecule has 2 aromatic carbocycles. The molecule has 0 unspecified atom stereocenters. The normalized spacial score (nSPS) is 10.9. The lowest BCUT2D eigenvalue weighted by molar-refractivity contribution is -0.384. The third-order valence-electron chi connectivity index (χ3n) is 3.49. The van der Waals surface area contributed by atoms with Crippen molar-refractivity contribution < 1.29 is 23.9 Å². The molecule has 0 saturated carbocycles. The predicted octanol–water partition coefficient (Wildman–Crippen LogP) is 3.79. The number of hydrogen-bond acceptors (Lipinski definition) is 6. The lowest BCUT2D eigenvalue weighted by atomic mass is 10.2. The molecule has 0 atom stereocenters. The summed E-state index contributed by atoms with van der Waals surface area (Å²) in [4.78, 5) is 22.2. The Kier molecular flexibility index (Phi) is 6.73. The first-order valence-electron chi connectivity index (χ1n) is 7.84. The molecule has 0 spiro atoms. The molecule has 0 saturated heterocycles. The summed E-state index contributed by atoms with van der Waals surface area (Å²) in [6.45, 7) is 2.22. The topological polar surface area (TPSA) is 87.9 Å². The fourth-order valence-corrected chi connectivity index (χ4v) is 2.07. The lowest BCUT2D eigenvalue weighted by Crippen LogP contribution is -2.08. The molecule has 7 heteroatoms. The van der Waals surface area contributed by atoms with Crippen molar-refractivity contribution in [1.82, 2.24) is 0 Å². The maximum Gasteiger partial charge on any atom is 0.342 e. The number of nitro groups is 1. The first-order valence-corrected chi connectivity index (χ1v) is 7.84. The first-order chi connectivity index (χ1) is 12.5. The summed E-state index contributed by atoms with van der Waals surface area (Å²) in [5.41, 5.74) is 1.23. The summed E-state index contributed by atoms with van der Waals surface area (Å²) in [7, 11) is 1.49. The van der Waals surface area contributed by atoms with Gasteiger partial charge in [-0.15, -0.1) is 0 Å². The van der Waals surface area contributed by atoms with Crippen LogP contribution < -0.4 is 9.47 Å². The van der Waals surface area contributed by atoms with Crippen molar-refractivity contribution in [2.24, 2.45) is 0 Å². The van der Waals surface area contributed by atoms with Crippen LogP contribution in [0.15, 0.2) is 60.2 Å². The molecule has 0 aliphatic carbocycles. The van der Waals surface area contributed by atoms with Crippen LogP contribution in [0.2, 0.25) is 0 Å². The number of nitrogens with zero attached hydrogens (tertiary/aromatic N) is 1. The number of esters is 1. The van der Waals surface area contributed by atoms with Crippen LogP contribution in [0.4, 0.5) is 5.69 Å². The van der Waals surface area contributed by atoms with E-state index in [1.54, 1.807) is 30.3 Å². The molecule has 0 aliphatic heterocycles. The number of nitro benzene ring substituents is 1. The SMILES string of the molecule is COc1ccccc1C(=O)OCC=C(C)COc1ccc([N+](=O)[O-])cc1. The molecule has 7 nitrogen and oxygen atoms in total. The van der Waals surface area contributed by atoms with Crippen molar-refractivity contribution in [3.63, 3.8) is 0 Å². The van der Waals surface area contributed by atoms with Gasteiger partial charge in [-0.05, 0) is 42.8 Å². The molecule has 0 bridgehead atoms. The minimum atomic E-state index is -0.470. The molecule has 0 aromatic heterocycles. The Labute approximate surface area is 151 Å². The van der Waals surface area contributed by atoms with E-state index in [0.29, 0.717) is 17.1 Å². The van der Waals surface area contributed by atoms with Crippen molar-refractivity contribution in [3.05, 3.63) is 75.9 Å². The number of benzene rings is 2. The van der Waals surface area contributed by atoms with Crippen molar-refractivity contribution in [2.75, 3.05) is 20.3 Å². The summed E-state index contributed by atoms with van der Waals surface area (Å²) in [6, 6.07) is 12.7. The fourth-order valence-electron chi connectivity index (χ4n) is 2.07. The standard InChI is InChI=1S/C19H19NO6/c1-14(13-26-16-9-7-15(8-10-16)20(22)23)11-12-25-19(21)17-5-3-4-6-18(17)24-2/h3-11H,12-13H2,1-2H3. The Morgan fingerprint density at radius 1 is 1.15 bits per heavy atom. The summed E-state index contributed by atoms with van der Waals surface area (Å²) >= 11 is 0. The smallest absolute Gasteiger partial charge is 0.342 e. The summed E-state index contributed by atoms with van der Waals surface area (Å²) in [6.07, 6.45) is 1.73. The van der Waals surface area contributed by atoms with Gasteiger partial charge in [0.25, 0.3) is 5.69 Å². The molecule has 2 aromatic rings. The monoisotopic (exact) mass is 357 g/mol. The summed E-state index contributed by atoms with van der Waals surface area (Å²) in [5.74, 6) is 0.511. The molecule has 136 valence electrons. The molecule has 0 heterocycles. The van der Waals surface area contributed by atoms with Gasteiger partial charge in [0.15, 0.2) is 0 Å². The highest BCUT2D eigenvalue weighted by Gasteiger charge is 2.12. The maximum absolute atomic E-state index is 12.1. The highest BCUT2D eigenvalue weighted by molar-refractivity contribution is 5.92. The highest BCUT2D eigenvalue weighted by atomic mass is 16.6. The van der Waals surface area contributed by atoms with Crippen LogP contribution in [0.5, 0.6) is 11.5 Å². The van der Waals surface area contributed by atoms with Crippen LogP contribution in [0.3, 0.4) is 0 Å². The first kappa shape index (κ1) is 19.0. The number of hydrogen-bond donors (Lipinski definition) is 0. The van der Waals surface area contributed by atoms with Crippen LogP contribution in [0.25, 0.3) is 0 Å². The second-order valence-electron chi connectivity index (χ2n) is 5.39. The highest BCUT2D eigenvalue weighted by Crippen LogP contribution is 2.19. The van der Waals surface area contributed by atoms with E-state index in [0.717, 1.165) is 5.57 Å². The van der Waals surface area contributed by atoms with Crippen LogP contribution in [0, 0.1) is 10.1 Å². The molecule has 0 aliphatic rings. The molecule has 0 amide bonds. The zero-order valence-electron chi connectivity index (χ0n) is 14.5. The van der Waals surface area contributed by atoms with Crippen molar-refractivity contribution >= 4 is 11.7 Å². The zero-order chi connectivity index (χ0) is 18.9. The van der Waals surface area contributed by atoms with Crippen LogP contribution in [-0.4, -0.2) is 31.2 Å². The molecular formula is C19H19NO6. The molecule has 26 heavy (non-hydrogen) atoms. The molecular weight excluding hydrogens is 338 g/mol. The Hall–Kier alpha value is -3.35. The van der Waals surface area contributed by atoms with Gasteiger partial charge in [0.2, 0.25) is 0 Å². The minimum Gasteiger partial charge on any atom is -0.496 e. The van der Waals surface area contributed by atoms with Gasteiger partial charge in [-0.2, -0.15) is 0 Å². The number of ether oxygens (including phenoxy) is 3. The number of non-ortho nitro benzene ring substituents is 1. The maximum atomic E-state index is 12.1. The van der Waals surface area contributed by atoms with E-state index in [2.05, 4.69) is 0 Å². The number of para-hydroxylation sites is 1. The van der Waals surface area contributed by atoms with E-state index in [1.165, 1.54) is 31.4 Å². The van der Waals surface area contributed by atoms with Crippen molar-refractivity contribution in [2.45, 2.75) is 6.92 Å². The lowest BCUT2D eigenvalue weighted by Gasteiger charge is -2.08. The second-order valence-corrected chi connectivity index (χ2v) is 5.39. The second kappa shape index (κ2) is 9.22. The Morgan fingerprint density at radius 3 is 2.50 bits per heavy atom. The number of carbonyl (C=O) groups is 1. The zero-order valence-corrected chi connectivity index (χ0v) is 14.5. The van der Waals surface area contributed by atoms with E-state index in [4.69, 9.17) is 14.2 Å². The summed E-state index contributed by atoms with van der Waals surface area (Å²) < 4.78 is 15.9. The third kappa shape index (κ3) is 5.34. The Morgan fingerprint density at radius 2 is 1.85 bits per heavy atom. The van der Waals surface area contributed by atoms with Gasteiger partial charge in [0.05, 0.1) is 12.0 Å². The van der Waals surface area contributed by atoms with Crippen molar-refractivity contribution in [1.29, 1.82) is 0 Å². The Balaban J connectivity index is 1.82. The van der Waals surface area contributed by atoms with E-state index >= 15 is 0 Å². The molecule has 0 N–H and O–H groups in total. The average molecular weight is 357 g/mol.